The van der Waals surface area contributed by atoms with Crippen LogP contribution in [0.4, 0.5) is 0 Å². The van der Waals surface area contributed by atoms with Crippen molar-refractivity contribution >= 4 is 39.5 Å². The van der Waals surface area contributed by atoms with Crippen LogP contribution < -0.4 is 0 Å². The summed E-state index contributed by atoms with van der Waals surface area (Å²) < 4.78 is 68.7. The van der Waals surface area contributed by atoms with Crippen molar-refractivity contribution in [2.24, 2.45) is 23.7 Å². The third kappa shape index (κ3) is 74.9. The van der Waals surface area contributed by atoms with Crippen LogP contribution in [-0.4, -0.2) is 96.7 Å². The lowest BCUT2D eigenvalue weighted by Gasteiger charge is -2.21. The molecule has 0 aliphatic carbocycles. The number of esters is 4. The van der Waals surface area contributed by atoms with Crippen molar-refractivity contribution in [2.45, 2.75) is 446 Å². The lowest BCUT2D eigenvalue weighted by molar-refractivity contribution is -0.161. The van der Waals surface area contributed by atoms with E-state index in [0.717, 1.165) is 114 Å². The molecule has 0 spiro atoms. The monoisotopic (exact) mass is 1490 g/mol. The summed E-state index contributed by atoms with van der Waals surface area (Å²) in [5.41, 5.74) is 0. The van der Waals surface area contributed by atoms with Crippen molar-refractivity contribution in [1.82, 2.24) is 0 Å². The molecule has 0 fully saturated rings. The Morgan fingerprint density at radius 2 is 0.471 bits per heavy atom. The summed E-state index contributed by atoms with van der Waals surface area (Å²) in [4.78, 5) is 73.0. The van der Waals surface area contributed by atoms with Gasteiger partial charge >= 0.3 is 39.5 Å². The number of unbranched alkanes of at least 4 members (excludes halogenated alkanes) is 45. The van der Waals surface area contributed by atoms with E-state index in [4.69, 9.17) is 37.0 Å². The zero-order valence-corrected chi connectivity index (χ0v) is 69.0. The molecule has 0 saturated carbocycles. The van der Waals surface area contributed by atoms with E-state index in [1.54, 1.807) is 0 Å². The van der Waals surface area contributed by atoms with Crippen molar-refractivity contribution in [2.75, 3.05) is 39.6 Å². The number of rotatable bonds is 80. The van der Waals surface area contributed by atoms with Gasteiger partial charge in [0, 0.05) is 25.7 Å². The molecule has 102 heavy (non-hydrogen) atoms. The molecular formula is C83H162O17P2. The number of carbonyl (C=O) groups is 4. The molecule has 6 atom stereocenters. The van der Waals surface area contributed by atoms with Gasteiger partial charge in [0.1, 0.15) is 19.3 Å². The summed E-state index contributed by atoms with van der Waals surface area (Å²) in [6, 6.07) is 0. The highest BCUT2D eigenvalue weighted by molar-refractivity contribution is 7.47. The maximum absolute atomic E-state index is 13.1. The number of hydrogen-bond acceptors (Lipinski definition) is 15. The van der Waals surface area contributed by atoms with Crippen LogP contribution >= 0.6 is 15.6 Å². The molecule has 17 nitrogen and oxygen atoms in total. The second-order valence-electron chi connectivity index (χ2n) is 31.5. The topological polar surface area (TPSA) is 237 Å². The van der Waals surface area contributed by atoms with Gasteiger partial charge in [-0.2, -0.15) is 0 Å². The van der Waals surface area contributed by atoms with Gasteiger partial charge in [0.25, 0.3) is 0 Å². The fourth-order valence-electron chi connectivity index (χ4n) is 12.8. The number of phosphoric acid groups is 2. The highest BCUT2D eigenvalue weighted by Crippen LogP contribution is 2.45. The van der Waals surface area contributed by atoms with Gasteiger partial charge in [-0.25, -0.2) is 9.13 Å². The summed E-state index contributed by atoms with van der Waals surface area (Å²) in [5, 5.41) is 10.6. The van der Waals surface area contributed by atoms with Crippen molar-refractivity contribution in [3.8, 4) is 0 Å². The largest absolute Gasteiger partial charge is 0.472 e. The molecule has 0 amide bonds. The molecule has 3 N–H and O–H groups in total. The van der Waals surface area contributed by atoms with Crippen LogP contribution in [0.3, 0.4) is 0 Å². The summed E-state index contributed by atoms with van der Waals surface area (Å²) >= 11 is 0. The second-order valence-corrected chi connectivity index (χ2v) is 34.4. The van der Waals surface area contributed by atoms with E-state index in [0.29, 0.717) is 31.6 Å². The van der Waals surface area contributed by atoms with E-state index < -0.39 is 97.5 Å². The molecule has 0 aromatic rings. The Labute approximate surface area is 626 Å². The van der Waals surface area contributed by atoms with Crippen molar-refractivity contribution in [3.63, 3.8) is 0 Å². The maximum atomic E-state index is 13.1. The Bertz CT molecular complexity index is 1990. The molecule has 0 saturated heterocycles. The number of aliphatic hydroxyl groups is 1. The first-order valence-electron chi connectivity index (χ1n) is 42.7. The fourth-order valence-corrected chi connectivity index (χ4v) is 14.3. The molecule has 0 heterocycles. The molecule has 0 aliphatic rings. The first-order chi connectivity index (χ1) is 49.1. The minimum atomic E-state index is -4.96. The SMILES string of the molecule is CCC(C)CCCCCCCCCCCCCCCCCCCCC(=O)O[C@H](COC(=O)CCCCCCCCCCCCCCC(C)C)COP(=O)(O)OC[C@@H](O)COP(=O)(O)OC[C@@H](COC(=O)CCCCCCCCC(C)C)OC(=O)CCCCCCCCCCCCCCCC(C)C. The molecule has 19 heteroatoms. The smallest absolute Gasteiger partial charge is 0.462 e. The third-order valence-corrected chi connectivity index (χ3v) is 21.6. The van der Waals surface area contributed by atoms with Crippen molar-refractivity contribution in [3.05, 3.63) is 0 Å². The van der Waals surface area contributed by atoms with Crippen LogP contribution in [0, 0.1) is 23.7 Å². The van der Waals surface area contributed by atoms with Gasteiger partial charge in [0.05, 0.1) is 26.4 Å². The molecular weight excluding hydrogens is 1330 g/mol. The molecule has 606 valence electrons. The molecule has 3 unspecified atom stereocenters. The molecule has 0 radical (unpaired) electrons. The zero-order chi connectivity index (χ0) is 75.3. The molecule has 0 rings (SSSR count). The maximum Gasteiger partial charge on any atom is 0.472 e. The van der Waals surface area contributed by atoms with Crippen LogP contribution in [0.15, 0.2) is 0 Å². The fraction of sp³-hybridized carbons (Fsp3) is 0.952. The standard InChI is InChI=1S/C83H162O17P2/c1-9-76(8)62-54-46-37-31-25-18-14-12-10-11-13-15-19-27-33-39-49-57-65-82(87)99-78(69-93-80(85)63-55-47-38-32-26-22-21-24-30-36-44-52-60-74(4)5)71-97-101(89,90)95-67-77(84)68-96-102(91,92)98-72-79(70-94-81(86)64-56-48-42-41-45-53-61-75(6)7)100-83(88)66-58-50-40-34-28-20-16-17-23-29-35-43-51-59-73(2)3/h73-79,84H,9-72H2,1-8H3,(H,89,90)(H,91,92)/t76?,77-,78-,79-/m1/s1. The lowest BCUT2D eigenvalue weighted by Crippen LogP contribution is -2.30. The van der Waals surface area contributed by atoms with Gasteiger partial charge in [0.2, 0.25) is 0 Å². The zero-order valence-electron chi connectivity index (χ0n) is 67.2. The van der Waals surface area contributed by atoms with Crippen molar-refractivity contribution in [1.29, 1.82) is 0 Å². The average molecular weight is 1490 g/mol. The number of carbonyl (C=O) groups excluding carboxylic acids is 4. The van der Waals surface area contributed by atoms with Crippen LogP contribution in [0.2, 0.25) is 0 Å². The molecule has 0 aromatic carbocycles. The Morgan fingerprint density at radius 1 is 0.275 bits per heavy atom. The van der Waals surface area contributed by atoms with Crippen LogP contribution in [-0.2, 0) is 65.4 Å². The Balaban J connectivity index is 5.21. The van der Waals surface area contributed by atoms with E-state index in [1.807, 2.05) is 0 Å². The highest BCUT2D eigenvalue weighted by Gasteiger charge is 2.30. The van der Waals surface area contributed by atoms with Crippen molar-refractivity contribution < 1.29 is 80.2 Å². The van der Waals surface area contributed by atoms with Gasteiger partial charge in [-0.05, 0) is 49.4 Å². The molecule has 0 aliphatic heterocycles. The van der Waals surface area contributed by atoms with Crippen LogP contribution in [0.1, 0.15) is 428 Å². The summed E-state index contributed by atoms with van der Waals surface area (Å²) in [5.74, 6) is 1.00. The average Bonchev–Trinajstić information content (AvgIpc) is 0.911. The molecule has 0 aromatic heterocycles. The minimum absolute atomic E-state index is 0.106. The lowest BCUT2D eigenvalue weighted by atomic mass is 9.99. The predicted molar refractivity (Wildman–Crippen MR) is 418 cm³/mol. The minimum Gasteiger partial charge on any atom is -0.462 e. The number of aliphatic hydroxyl groups excluding tert-OH is 1. The van der Waals surface area contributed by atoms with Gasteiger partial charge in [0.15, 0.2) is 12.2 Å². The van der Waals surface area contributed by atoms with E-state index >= 15 is 0 Å². The van der Waals surface area contributed by atoms with E-state index in [9.17, 15) is 43.2 Å². The summed E-state index contributed by atoms with van der Waals surface area (Å²) in [7, 11) is -9.92. The second kappa shape index (κ2) is 72.0. The predicted octanol–water partition coefficient (Wildman–Crippen LogP) is 24.8. The first-order valence-corrected chi connectivity index (χ1v) is 45.7. The Hall–Kier alpha value is -1.94. The Morgan fingerprint density at radius 3 is 0.696 bits per heavy atom. The quantitative estimate of drug-likeness (QED) is 0.0222. The van der Waals surface area contributed by atoms with E-state index in [2.05, 4.69) is 55.4 Å². The van der Waals surface area contributed by atoms with Gasteiger partial charge in [-0.15, -0.1) is 0 Å². The first kappa shape index (κ1) is 100. The number of ether oxygens (including phenoxy) is 4. The van der Waals surface area contributed by atoms with Gasteiger partial charge in [-0.3, -0.25) is 37.3 Å². The van der Waals surface area contributed by atoms with Gasteiger partial charge < -0.3 is 33.8 Å². The number of phosphoric ester groups is 2. The number of hydrogen-bond donors (Lipinski definition) is 3. The summed E-state index contributed by atoms with van der Waals surface area (Å²) in [6.07, 6.45) is 59.8. The van der Waals surface area contributed by atoms with E-state index in [1.165, 1.54) is 225 Å². The molecule has 0 bridgehead atoms. The van der Waals surface area contributed by atoms with Gasteiger partial charge in [-0.1, -0.05) is 376 Å². The van der Waals surface area contributed by atoms with Crippen LogP contribution in [0.25, 0.3) is 0 Å². The summed E-state index contributed by atoms with van der Waals surface area (Å²) in [6.45, 7) is 14.3. The van der Waals surface area contributed by atoms with Crippen LogP contribution in [0.5, 0.6) is 0 Å². The normalized spacial score (nSPS) is 14.3. The highest BCUT2D eigenvalue weighted by atomic mass is 31.2. The third-order valence-electron chi connectivity index (χ3n) is 19.7. The Kier molecular flexibility index (Phi) is 70.6. The van der Waals surface area contributed by atoms with E-state index in [-0.39, 0.29) is 25.7 Å².